The molecule has 0 saturated heterocycles. The summed E-state index contributed by atoms with van der Waals surface area (Å²) in [4.78, 5) is 11.8. The Morgan fingerprint density at radius 1 is 1.31 bits per heavy atom. The number of fused-ring (bicyclic) bond motifs is 1. The monoisotopic (exact) mass is 257 g/mol. The maximum absolute atomic E-state index is 12.3. The second kappa shape index (κ2) is 2.78. The Kier molecular flexibility index (Phi) is 1.76. The predicted molar refractivity (Wildman–Crippen MR) is 59.2 cm³/mol. The van der Waals surface area contributed by atoms with Crippen LogP contribution in [-0.4, -0.2) is 19.1 Å². The first-order valence-corrected chi connectivity index (χ1v) is 6.70. The van der Waals surface area contributed by atoms with Crippen LogP contribution < -0.4 is 5.32 Å². The molecule has 3 rings (SSSR count). The maximum atomic E-state index is 12.3. The SMILES string of the molecule is O=C1Nc2cccc(Cl)c2S(=O)(=O)C12CC2. The molecule has 1 saturated carbocycles. The Balaban J connectivity index is 2.37. The quantitative estimate of drug-likeness (QED) is 0.768. The molecule has 0 radical (unpaired) electrons. The van der Waals surface area contributed by atoms with Gasteiger partial charge in [-0.1, -0.05) is 17.7 Å². The molecule has 2 aliphatic rings. The van der Waals surface area contributed by atoms with Crippen molar-refractivity contribution in [3.8, 4) is 0 Å². The molecule has 0 aromatic heterocycles. The van der Waals surface area contributed by atoms with Crippen molar-refractivity contribution in [3.05, 3.63) is 23.2 Å². The third-order valence-corrected chi connectivity index (χ3v) is 6.14. The number of carbonyl (C=O) groups excluding carboxylic acids is 1. The van der Waals surface area contributed by atoms with E-state index >= 15 is 0 Å². The van der Waals surface area contributed by atoms with Crippen LogP contribution in [0.4, 0.5) is 5.69 Å². The van der Waals surface area contributed by atoms with E-state index in [1.807, 2.05) is 0 Å². The highest BCUT2D eigenvalue weighted by molar-refractivity contribution is 7.94. The fourth-order valence-electron chi connectivity index (χ4n) is 2.04. The van der Waals surface area contributed by atoms with E-state index in [2.05, 4.69) is 5.32 Å². The summed E-state index contributed by atoms with van der Waals surface area (Å²) in [7, 11) is -3.63. The van der Waals surface area contributed by atoms with E-state index in [9.17, 15) is 13.2 Å². The molecule has 1 fully saturated rings. The van der Waals surface area contributed by atoms with Gasteiger partial charge in [-0.15, -0.1) is 0 Å². The summed E-state index contributed by atoms with van der Waals surface area (Å²) in [6, 6.07) is 4.68. The van der Waals surface area contributed by atoms with Crippen molar-refractivity contribution in [2.24, 2.45) is 0 Å². The topological polar surface area (TPSA) is 63.2 Å². The summed E-state index contributed by atoms with van der Waals surface area (Å²) < 4.78 is 23.3. The van der Waals surface area contributed by atoms with E-state index in [1.54, 1.807) is 12.1 Å². The lowest BCUT2D eigenvalue weighted by atomic mass is 10.3. The molecule has 0 bridgehead atoms. The van der Waals surface area contributed by atoms with Gasteiger partial charge in [0.25, 0.3) is 0 Å². The van der Waals surface area contributed by atoms with E-state index in [4.69, 9.17) is 11.6 Å². The van der Waals surface area contributed by atoms with Gasteiger partial charge in [-0.25, -0.2) is 8.42 Å². The van der Waals surface area contributed by atoms with Gasteiger partial charge >= 0.3 is 0 Å². The van der Waals surface area contributed by atoms with E-state index in [0.29, 0.717) is 12.8 Å². The van der Waals surface area contributed by atoms with Crippen LogP contribution in [0.25, 0.3) is 0 Å². The van der Waals surface area contributed by atoms with Crippen molar-refractivity contribution in [2.45, 2.75) is 22.5 Å². The molecule has 1 amide bonds. The van der Waals surface area contributed by atoms with Crippen LogP contribution in [0.3, 0.4) is 0 Å². The van der Waals surface area contributed by atoms with Crippen molar-refractivity contribution >= 4 is 33.0 Å². The molecule has 84 valence electrons. The minimum absolute atomic E-state index is 0.0637. The molecular formula is C10H8ClNO3S. The highest BCUT2D eigenvalue weighted by atomic mass is 35.5. The molecule has 16 heavy (non-hydrogen) atoms. The lowest BCUT2D eigenvalue weighted by Gasteiger charge is -2.25. The average molecular weight is 258 g/mol. The molecule has 1 aliphatic heterocycles. The highest BCUT2D eigenvalue weighted by Crippen LogP contribution is 2.53. The minimum atomic E-state index is -3.63. The number of amides is 1. The number of nitrogens with one attached hydrogen (secondary N) is 1. The Morgan fingerprint density at radius 2 is 2.00 bits per heavy atom. The van der Waals surface area contributed by atoms with Gasteiger partial charge in [-0.2, -0.15) is 0 Å². The lowest BCUT2D eigenvalue weighted by Crippen LogP contribution is -2.42. The smallest absolute Gasteiger partial charge is 0.246 e. The summed E-state index contributed by atoms with van der Waals surface area (Å²) >= 11 is 5.90. The standard InChI is InChI=1S/C10H8ClNO3S/c11-6-2-1-3-7-8(6)16(14,15)10(4-5-10)9(13)12-7/h1-3H,4-5H2,(H,12,13). The predicted octanol–water partition coefficient (Wildman–Crippen LogP) is 1.60. The Bertz CT molecular complexity index is 604. The summed E-state index contributed by atoms with van der Waals surface area (Å²) in [5.74, 6) is -0.428. The van der Waals surface area contributed by atoms with Crippen LogP contribution in [0.5, 0.6) is 0 Å². The molecule has 1 N–H and O–H groups in total. The van der Waals surface area contributed by atoms with Crippen LogP contribution in [-0.2, 0) is 14.6 Å². The van der Waals surface area contributed by atoms with Gasteiger partial charge in [0.15, 0.2) is 14.6 Å². The van der Waals surface area contributed by atoms with Crippen LogP contribution in [0, 0.1) is 0 Å². The summed E-state index contributed by atoms with van der Waals surface area (Å²) in [6.07, 6.45) is 0.762. The second-order valence-electron chi connectivity index (χ2n) is 4.07. The zero-order valence-electron chi connectivity index (χ0n) is 8.16. The van der Waals surface area contributed by atoms with Crippen molar-refractivity contribution in [2.75, 3.05) is 5.32 Å². The third-order valence-electron chi connectivity index (χ3n) is 3.12. The van der Waals surface area contributed by atoms with Crippen molar-refractivity contribution in [1.29, 1.82) is 0 Å². The van der Waals surface area contributed by atoms with E-state index in [-0.39, 0.29) is 15.6 Å². The molecule has 1 aromatic rings. The first kappa shape index (κ1) is 10.1. The van der Waals surface area contributed by atoms with Crippen LogP contribution in [0.2, 0.25) is 5.02 Å². The van der Waals surface area contributed by atoms with Crippen molar-refractivity contribution < 1.29 is 13.2 Å². The second-order valence-corrected chi connectivity index (χ2v) is 6.67. The van der Waals surface area contributed by atoms with Gasteiger partial charge in [0.2, 0.25) is 5.91 Å². The Morgan fingerprint density at radius 3 is 2.62 bits per heavy atom. The fourth-order valence-corrected chi connectivity index (χ4v) is 4.58. The van der Waals surface area contributed by atoms with Gasteiger partial charge in [-0.05, 0) is 25.0 Å². The van der Waals surface area contributed by atoms with Gasteiger partial charge in [-0.3, -0.25) is 4.79 Å². The maximum Gasteiger partial charge on any atom is 0.246 e. The van der Waals surface area contributed by atoms with Gasteiger partial charge in [0.05, 0.1) is 10.7 Å². The summed E-state index contributed by atoms with van der Waals surface area (Å²) in [6.45, 7) is 0. The number of anilines is 1. The minimum Gasteiger partial charge on any atom is -0.323 e. The molecule has 1 spiro atoms. The number of rotatable bonds is 0. The number of benzene rings is 1. The van der Waals surface area contributed by atoms with Crippen molar-refractivity contribution in [3.63, 3.8) is 0 Å². The van der Waals surface area contributed by atoms with Crippen LogP contribution >= 0.6 is 11.6 Å². The van der Waals surface area contributed by atoms with Gasteiger partial charge in [0, 0.05) is 0 Å². The van der Waals surface area contributed by atoms with Gasteiger partial charge in [0.1, 0.15) is 4.90 Å². The largest absolute Gasteiger partial charge is 0.323 e. The first-order valence-electron chi connectivity index (χ1n) is 4.84. The molecule has 1 aliphatic carbocycles. The van der Waals surface area contributed by atoms with Crippen LogP contribution in [0.1, 0.15) is 12.8 Å². The number of halogens is 1. The highest BCUT2D eigenvalue weighted by Gasteiger charge is 2.64. The number of sulfone groups is 1. The average Bonchev–Trinajstić information content (AvgIpc) is 2.96. The lowest BCUT2D eigenvalue weighted by molar-refractivity contribution is -0.116. The molecule has 1 heterocycles. The zero-order valence-corrected chi connectivity index (χ0v) is 9.73. The molecule has 1 aromatic carbocycles. The molecule has 0 unspecified atom stereocenters. The van der Waals surface area contributed by atoms with E-state index in [0.717, 1.165) is 0 Å². The normalized spacial score (nSPS) is 23.7. The fraction of sp³-hybridized carbons (Fsp3) is 0.300. The van der Waals surface area contributed by atoms with Crippen molar-refractivity contribution in [1.82, 2.24) is 0 Å². The zero-order chi connectivity index (χ0) is 11.6. The van der Waals surface area contributed by atoms with Crippen LogP contribution in [0.15, 0.2) is 23.1 Å². The number of carbonyl (C=O) groups is 1. The third kappa shape index (κ3) is 0.999. The molecular weight excluding hydrogens is 250 g/mol. The first-order chi connectivity index (χ1) is 7.49. The Labute approximate surface area is 97.5 Å². The molecule has 4 nitrogen and oxygen atoms in total. The number of hydrogen-bond acceptors (Lipinski definition) is 3. The Hall–Kier alpha value is -1.07. The summed E-state index contributed by atoms with van der Waals surface area (Å²) in [5.41, 5.74) is 0.287. The van der Waals surface area contributed by atoms with E-state index in [1.165, 1.54) is 6.07 Å². The van der Waals surface area contributed by atoms with E-state index < -0.39 is 20.5 Å². The number of hydrogen-bond donors (Lipinski definition) is 1. The molecule has 6 heteroatoms. The molecule has 0 atom stereocenters. The summed E-state index contributed by atoms with van der Waals surface area (Å²) in [5, 5.41) is 2.78. The van der Waals surface area contributed by atoms with Gasteiger partial charge < -0.3 is 5.32 Å².